The van der Waals surface area contributed by atoms with Gasteiger partial charge in [0.05, 0.1) is 13.0 Å². The third-order valence-electron chi connectivity index (χ3n) is 2.21. The van der Waals surface area contributed by atoms with Crippen LogP contribution in [0.3, 0.4) is 0 Å². The first-order valence-electron chi connectivity index (χ1n) is 5.31. The van der Waals surface area contributed by atoms with Gasteiger partial charge in [-0.3, -0.25) is 9.89 Å². The summed E-state index contributed by atoms with van der Waals surface area (Å²) in [6.45, 7) is 0.480. The summed E-state index contributed by atoms with van der Waals surface area (Å²) in [4.78, 5) is 14.8. The van der Waals surface area contributed by atoms with E-state index in [1.165, 1.54) is 0 Å². The second kappa shape index (κ2) is 5.50. The van der Waals surface area contributed by atoms with Gasteiger partial charge >= 0.3 is 0 Å². The molecule has 94 valence electrons. The summed E-state index contributed by atoms with van der Waals surface area (Å²) >= 11 is 5.78. The van der Waals surface area contributed by atoms with Gasteiger partial charge < -0.3 is 11.1 Å². The molecule has 0 bridgehead atoms. The van der Waals surface area contributed by atoms with Crippen LogP contribution in [0.2, 0.25) is 5.02 Å². The van der Waals surface area contributed by atoms with E-state index in [0.717, 1.165) is 5.69 Å². The fraction of sp³-hybridized carbons (Fsp3) is 0.182. The van der Waals surface area contributed by atoms with Gasteiger partial charge in [0.15, 0.2) is 5.82 Å². The number of halogens is 1. The first-order chi connectivity index (χ1) is 8.63. The number of rotatable bonds is 5. The summed E-state index contributed by atoms with van der Waals surface area (Å²) in [5.74, 6) is 0.586. The molecule has 0 radical (unpaired) electrons. The number of benzene rings is 1. The maximum Gasteiger partial charge on any atom is 0.225 e. The Labute approximate surface area is 109 Å². The normalized spacial score (nSPS) is 10.3. The zero-order valence-electron chi connectivity index (χ0n) is 9.48. The third kappa shape index (κ3) is 3.46. The topological polar surface area (TPSA) is 96.7 Å². The van der Waals surface area contributed by atoms with Gasteiger partial charge in [0, 0.05) is 10.7 Å². The number of H-pyrrole nitrogens is 1. The second-order valence-corrected chi connectivity index (χ2v) is 4.14. The molecule has 6 nitrogen and oxygen atoms in total. The highest BCUT2D eigenvalue weighted by atomic mass is 35.5. The minimum Gasteiger partial charge on any atom is -0.378 e. The van der Waals surface area contributed by atoms with Crippen LogP contribution in [0.4, 0.5) is 5.69 Å². The lowest BCUT2D eigenvalue weighted by molar-refractivity contribution is -0.117. The van der Waals surface area contributed by atoms with Crippen molar-refractivity contribution in [3.05, 3.63) is 40.9 Å². The Kier molecular flexibility index (Phi) is 3.78. The number of nitrogens with one attached hydrogen (secondary N) is 2. The van der Waals surface area contributed by atoms with Gasteiger partial charge in [-0.15, -0.1) is 0 Å². The average Bonchev–Trinajstić information content (AvgIpc) is 2.75. The minimum absolute atomic E-state index is 0.0391. The van der Waals surface area contributed by atoms with Crippen LogP contribution >= 0.6 is 11.6 Å². The number of aromatic nitrogens is 3. The molecule has 1 aromatic carbocycles. The molecule has 0 saturated carbocycles. The molecule has 0 aliphatic carbocycles. The van der Waals surface area contributed by atoms with E-state index in [1.807, 2.05) is 12.1 Å². The van der Waals surface area contributed by atoms with Crippen molar-refractivity contribution < 1.29 is 4.79 Å². The summed E-state index contributed by atoms with van der Waals surface area (Å²) in [6.07, 6.45) is 0.0391. The Morgan fingerprint density at radius 2 is 2.11 bits per heavy atom. The fourth-order valence-electron chi connectivity index (χ4n) is 1.40. The van der Waals surface area contributed by atoms with Crippen LogP contribution in [0.15, 0.2) is 24.3 Å². The molecule has 18 heavy (non-hydrogen) atoms. The fourth-order valence-corrected chi connectivity index (χ4v) is 1.53. The summed E-state index contributed by atoms with van der Waals surface area (Å²) in [6, 6.07) is 7.32. The van der Waals surface area contributed by atoms with Crippen molar-refractivity contribution in [3.8, 4) is 0 Å². The summed E-state index contributed by atoms with van der Waals surface area (Å²) in [5, 5.41) is 10.5. The minimum atomic E-state index is -0.453. The number of carbonyl (C=O) groups excluding carboxylic acids is 1. The van der Waals surface area contributed by atoms with E-state index in [1.54, 1.807) is 12.1 Å². The molecular formula is C11H12ClN5O. The van der Waals surface area contributed by atoms with Crippen LogP contribution in [0.5, 0.6) is 0 Å². The first kappa shape index (κ1) is 12.4. The van der Waals surface area contributed by atoms with E-state index >= 15 is 0 Å². The maximum absolute atomic E-state index is 10.7. The van der Waals surface area contributed by atoms with Gasteiger partial charge in [-0.2, -0.15) is 5.10 Å². The molecule has 2 rings (SSSR count). The van der Waals surface area contributed by atoms with Crippen LogP contribution < -0.4 is 11.1 Å². The van der Waals surface area contributed by atoms with Gasteiger partial charge in [0.2, 0.25) is 5.91 Å². The van der Waals surface area contributed by atoms with E-state index < -0.39 is 5.91 Å². The predicted molar refractivity (Wildman–Crippen MR) is 68.1 cm³/mol. The molecule has 0 aliphatic heterocycles. The monoisotopic (exact) mass is 265 g/mol. The summed E-state index contributed by atoms with van der Waals surface area (Å²) in [7, 11) is 0. The molecule has 4 N–H and O–H groups in total. The number of hydrogen-bond donors (Lipinski definition) is 3. The van der Waals surface area contributed by atoms with Crippen molar-refractivity contribution >= 4 is 23.2 Å². The van der Waals surface area contributed by atoms with E-state index in [2.05, 4.69) is 20.5 Å². The highest BCUT2D eigenvalue weighted by molar-refractivity contribution is 6.30. The van der Waals surface area contributed by atoms with Crippen molar-refractivity contribution in [1.29, 1.82) is 0 Å². The molecule has 0 atom stereocenters. The molecule has 7 heteroatoms. The molecule has 0 fully saturated rings. The van der Waals surface area contributed by atoms with Gasteiger partial charge in [-0.25, -0.2) is 4.98 Å². The molecule has 1 aromatic heterocycles. The van der Waals surface area contributed by atoms with Gasteiger partial charge in [-0.05, 0) is 24.3 Å². The van der Waals surface area contributed by atoms with Crippen molar-refractivity contribution in [2.24, 2.45) is 5.73 Å². The molecular weight excluding hydrogens is 254 g/mol. The number of anilines is 1. The van der Waals surface area contributed by atoms with Crippen LogP contribution in [-0.2, 0) is 17.8 Å². The third-order valence-corrected chi connectivity index (χ3v) is 2.47. The lowest BCUT2D eigenvalue weighted by Gasteiger charge is -2.03. The van der Waals surface area contributed by atoms with Crippen LogP contribution in [0.1, 0.15) is 11.6 Å². The highest BCUT2D eigenvalue weighted by Gasteiger charge is 2.05. The largest absolute Gasteiger partial charge is 0.378 e. The smallest absolute Gasteiger partial charge is 0.225 e. The van der Waals surface area contributed by atoms with E-state index in [-0.39, 0.29) is 6.42 Å². The number of aromatic amines is 1. The average molecular weight is 266 g/mol. The van der Waals surface area contributed by atoms with Crippen molar-refractivity contribution in [1.82, 2.24) is 15.2 Å². The maximum atomic E-state index is 10.7. The van der Waals surface area contributed by atoms with Gasteiger partial charge in [0.1, 0.15) is 5.82 Å². The molecule has 0 spiro atoms. The number of nitrogens with zero attached hydrogens (tertiary/aromatic N) is 2. The number of primary amides is 1. The summed E-state index contributed by atoms with van der Waals surface area (Å²) < 4.78 is 0. The standard InChI is InChI=1S/C11H12ClN5O/c12-7-1-3-8(4-2-7)14-6-11-15-10(16-17-11)5-9(13)18/h1-4,14H,5-6H2,(H2,13,18)(H,15,16,17). The number of amides is 1. The van der Waals surface area contributed by atoms with Crippen LogP contribution in [0.25, 0.3) is 0 Å². The Hall–Kier alpha value is -2.08. The van der Waals surface area contributed by atoms with E-state index in [9.17, 15) is 4.79 Å². The second-order valence-electron chi connectivity index (χ2n) is 3.70. The molecule has 1 amide bonds. The molecule has 1 heterocycles. The zero-order chi connectivity index (χ0) is 13.0. The Morgan fingerprint density at radius 1 is 1.39 bits per heavy atom. The quantitative estimate of drug-likeness (QED) is 0.754. The number of carbonyl (C=O) groups is 1. The van der Waals surface area contributed by atoms with Crippen molar-refractivity contribution in [2.75, 3.05) is 5.32 Å². The van der Waals surface area contributed by atoms with Crippen LogP contribution in [0, 0.1) is 0 Å². The first-order valence-corrected chi connectivity index (χ1v) is 5.69. The molecule has 0 unspecified atom stereocenters. The predicted octanol–water partition coefficient (Wildman–Crippen LogP) is 1.10. The van der Waals surface area contributed by atoms with Crippen LogP contribution in [-0.4, -0.2) is 21.1 Å². The lowest BCUT2D eigenvalue weighted by Crippen LogP contribution is -2.14. The summed E-state index contributed by atoms with van der Waals surface area (Å²) in [5.41, 5.74) is 5.98. The number of nitrogens with two attached hydrogens (primary N) is 1. The van der Waals surface area contributed by atoms with E-state index in [0.29, 0.717) is 23.2 Å². The Morgan fingerprint density at radius 3 is 2.78 bits per heavy atom. The van der Waals surface area contributed by atoms with Gasteiger partial charge in [0.25, 0.3) is 0 Å². The zero-order valence-corrected chi connectivity index (χ0v) is 10.2. The lowest BCUT2D eigenvalue weighted by atomic mass is 10.3. The number of hydrogen-bond acceptors (Lipinski definition) is 4. The molecule has 0 aliphatic rings. The molecule has 2 aromatic rings. The SMILES string of the molecule is NC(=O)Cc1n[nH]c(CNc2ccc(Cl)cc2)n1. The van der Waals surface area contributed by atoms with Crippen molar-refractivity contribution in [2.45, 2.75) is 13.0 Å². The molecule has 0 saturated heterocycles. The van der Waals surface area contributed by atoms with Gasteiger partial charge in [-0.1, -0.05) is 11.6 Å². The Bertz CT molecular complexity index is 537. The van der Waals surface area contributed by atoms with Crippen molar-refractivity contribution in [3.63, 3.8) is 0 Å². The highest BCUT2D eigenvalue weighted by Crippen LogP contribution is 2.13. The van der Waals surface area contributed by atoms with E-state index in [4.69, 9.17) is 17.3 Å². The Balaban J connectivity index is 1.92.